The molecule has 1 aromatic heterocycles. The van der Waals surface area contributed by atoms with Crippen LogP contribution in [-0.4, -0.2) is 27.8 Å². The van der Waals surface area contributed by atoms with Crippen LogP contribution in [0.3, 0.4) is 0 Å². The van der Waals surface area contributed by atoms with Crippen molar-refractivity contribution in [3.05, 3.63) is 41.5 Å². The summed E-state index contributed by atoms with van der Waals surface area (Å²) < 4.78 is 12.6. The number of carbonyl (C=O) groups excluding carboxylic acids is 1. The molecule has 0 radical (unpaired) electrons. The summed E-state index contributed by atoms with van der Waals surface area (Å²) in [5.41, 5.74) is 1.14. The van der Waals surface area contributed by atoms with Gasteiger partial charge in [-0.25, -0.2) is 0 Å². The van der Waals surface area contributed by atoms with E-state index < -0.39 is 0 Å². The third-order valence-corrected chi connectivity index (χ3v) is 3.92. The predicted molar refractivity (Wildman–Crippen MR) is 79.4 cm³/mol. The van der Waals surface area contributed by atoms with Crippen LogP contribution in [0.1, 0.15) is 23.6 Å². The lowest BCUT2D eigenvalue weighted by Crippen LogP contribution is -2.29. The van der Waals surface area contributed by atoms with Crippen LogP contribution in [0.2, 0.25) is 0 Å². The predicted octanol–water partition coefficient (Wildman–Crippen LogP) is 1.90. The monoisotopic (exact) mass is 301 g/mol. The maximum Gasteiger partial charge on any atom is 0.310 e. The zero-order valence-corrected chi connectivity index (χ0v) is 12.8. The van der Waals surface area contributed by atoms with Crippen LogP contribution in [-0.2, 0) is 29.1 Å². The number of rotatable bonds is 4. The Balaban J connectivity index is 1.71. The summed E-state index contributed by atoms with van der Waals surface area (Å²) >= 11 is 0. The number of aromatic nitrogens is 3. The summed E-state index contributed by atoms with van der Waals surface area (Å²) in [5.74, 6) is 2.14. The van der Waals surface area contributed by atoms with Gasteiger partial charge < -0.3 is 14.0 Å². The average Bonchev–Trinajstić information content (AvgIpc) is 2.94. The number of hydrogen-bond acceptors (Lipinski definition) is 5. The quantitative estimate of drug-likeness (QED) is 0.807. The van der Waals surface area contributed by atoms with Crippen molar-refractivity contribution in [2.24, 2.45) is 5.92 Å². The molecule has 1 aromatic carbocycles. The topological polar surface area (TPSA) is 66.2 Å². The number of aryl methyl sites for hydroxylation is 2. The summed E-state index contributed by atoms with van der Waals surface area (Å²) in [6.07, 6.45) is 1.49. The largest absolute Gasteiger partial charge is 0.486 e. The van der Waals surface area contributed by atoms with Crippen LogP contribution < -0.4 is 4.74 Å². The molecule has 1 aliphatic rings. The van der Waals surface area contributed by atoms with Gasteiger partial charge in [-0.15, -0.1) is 10.2 Å². The first-order valence-corrected chi connectivity index (χ1v) is 7.35. The molecule has 0 N–H and O–H groups in total. The maximum absolute atomic E-state index is 11.7. The summed E-state index contributed by atoms with van der Waals surface area (Å²) in [4.78, 5) is 11.7. The molecule has 1 atom stereocenters. The van der Waals surface area contributed by atoms with Crippen LogP contribution in [0.15, 0.2) is 24.3 Å². The Morgan fingerprint density at radius 1 is 1.41 bits per heavy atom. The van der Waals surface area contributed by atoms with Gasteiger partial charge in [-0.3, -0.25) is 4.79 Å². The molecule has 6 nitrogen and oxygen atoms in total. The van der Waals surface area contributed by atoms with Gasteiger partial charge in [0.1, 0.15) is 18.2 Å². The van der Waals surface area contributed by atoms with Crippen LogP contribution in [0, 0.1) is 12.8 Å². The fourth-order valence-corrected chi connectivity index (χ4v) is 2.70. The molecule has 0 aliphatic carbocycles. The average molecular weight is 301 g/mol. The molecule has 116 valence electrons. The van der Waals surface area contributed by atoms with Gasteiger partial charge in [0, 0.05) is 13.0 Å². The van der Waals surface area contributed by atoms with Gasteiger partial charge in [0.2, 0.25) is 0 Å². The lowest BCUT2D eigenvalue weighted by Gasteiger charge is -2.22. The van der Waals surface area contributed by atoms with Gasteiger partial charge in [-0.1, -0.05) is 12.1 Å². The van der Waals surface area contributed by atoms with E-state index >= 15 is 0 Å². The molecule has 0 fully saturated rings. The Hall–Kier alpha value is -2.37. The number of nitrogens with zero attached hydrogens (tertiary/aromatic N) is 3. The zero-order chi connectivity index (χ0) is 15.5. The number of hydrogen-bond donors (Lipinski definition) is 0. The van der Waals surface area contributed by atoms with Gasteiger partial charge in [-0.2, -0.15) is 0 Å². The van der Waals surface area contributed by atoms with Crippen LogP contribution in [0.25, 0.3) is 0 Å². The summed E-state index contributed by atoms with van der Waals surface area (Å²) in [6, 6.07) is 7.87. The third-order valence-electron chi connectivity index (χ3n) is 3.92. The van der Waals surface area contributed by atoms with Crippen molar-refractivity contribution in [1.29, 1.82) is 0 Å². The van der Waals surface area contributed by atoms with Gasteiger partial charge in [0.15, 0.2) is 5.82 Å². The first-order valence-electron chi connectivity index (χ1n) is 7.35. The smallest absolute Gasteiger partial charge is 0.310 e. The molecule has 6 heteroatoms. The second kappa shape index (κ2) is 6.17. The SMILES string of the molecule is COC(=O)C1CCc2nnc(COc3cccc(C)c3)n2C1. The lowest BCUT2D eigenvalue weighted by atomic mass is 9.99. The molecule has 0 saturated heterocycles. The molecule has 22 heavy (non-hydrogen) atoms. The number of methoxy groups -OCH3 is 1. The van der Waals surface area contributed by atoms with E-state index in [1.54, 1.807) is 0 Å². The Morgan fingerprint density at radius 3 is 3.05 bits per heavy atom. The van der Waals surface area contributed by atoms with E-state index in [1.165, 1.54) is 7.11 Å². The molecule has 2 aromatic rings. The van der Waals surface area contributed by atoms with E-state index in [2.05, 4.69) is 10.2 Å². The lowest BCUT2D eigenvalue weighted by molar-refractivity contribution is -0.146. The van der Waals surface area contributed by atoms with Crippen LogP contribution in [0.5, 0.6) is 5.75 Å². The first kappa shape index (κ1) is 14.6. The molecule has 1 aliphatic heterocycles. The highest BCUT2D eigenvalue weighted by atomic mass is 16.5. The van der Waals surface area contributed by atoms with Gasteiger partial charge in [-0.05, 0) is 31.0 Å². The molecule has 0 amide bonds. The number of ether oxygens (including phenoxy) is 2. The molecule has 1 unspecified atom stereocenters. The molecule has 0 bridgehead atoms. The van der Waals surface area contributed by atoms with Gasteiger partial charge >= 0.3 is 5.97 Å². The number of esters is 1. The summed E-state index contributed by atoms with van der Waals surface area (Å²) in [7, 11) is 1.42. The first-order chi connectivity index (χ1) is 10.7. The Kier molecular flexibility index (Phi) is 4.09. The Bertz CT molecular complexity index is 681. The van der Waals surface area contributed by atoms with Gasteiger partial charge in [0.05, 0.1) is 13.0 Å². The minimum absolute atomic E-state index is 0.133. The molecular weight excluding hydrogens is 282 g/mol. The second-order valence-corrected chi connectivity index (χ2v) is 5.51. The number of carbonyl (C=O) groups is 1. The fourth-order valence-electron chi connectivity index (χ4n) is 2.70. The Morgan fingerprint density at radius 2 is 2.27 bits per heavy atom. The Labute approximate surface area is 129 Å². The fraction of sp³-hybridized carbons (Fsp3) is 0.438. The maximum atomic E-state index is 11.7. The van der Waals surface area contributed by atoms with E-state index in [9.17, 15) is 4.79 Å². The minimum Gasteiger partial charge on any atom is -0.486 e. The molecular formula is C16H19N3O3. The molecule has 0 saturated carbocycles. The molecule has 2 heterocycles. The molecule has 3 rings (SSSR count). The zero-order valence-electron chi connectivity index (χ0n) is 12.8. The van der Waals surface area contributed by atoms with Crippen molar-refractivity contribution in [3.8, 4) is 5.75 Å². The van der Waals surface area contributed by atoms with Gasteiger partial charge in [0.25, 0.3) is 0 Å². The highest BCUT2D eigenvalue weighted by molar-refractivity contribution is 5.72. The van der Waals surface area contributed by atoms with Crippen molar-refractivity contribution in [3.63, 3.8) is 0 Å². The summed E-state index contributed by atoms with van der Waals surface area (Å²) in [5, 5.41) is 8.38. The highest BCUT2D eigenvalue weighted by Crippen LogP contribution is 2.22. The van der Waals surface area contributed by atoms with E-state index in [0.29, 0.717) is 13.2 Å². The minimum atomic E-state index is -0.176. The van der Waals surface area contributed by atoms with E-state index in [0.717, 1.165) is 35.8 Å². The van der Waals surface area contributed by atoms with E-state index in [4.69, 9.17) is 9.47 Å². The van der Waals surface area contributed by atoms with E-state index in [1.807, 2.05) is 35.8 Å². The van der Waals surface area contributed by atoms with E-state index in [-0.39, 0.29) is 11.9 Å². The van der Waals surface area contributed by atoms with Crippen LogP contribution in [0.4, 0.5) is 0 Å². The van der Waals surface area contributed by atoms with Crippen molar-refractivity contribution in [2.75, 3.05) is 7.11 Å². The standard InChI is InChI=1S/C16H19N3O3/c1-11-4-3-5-13(8-11)22-10-15-18-17-14-7-6-12(9-19(14)15)16(20)21-2/h3-5,8,12H,6-7,9-10H2,1-2H3. The normalized spacial score (nSPS) is 16.9. The highest BCUT2D eigenvalue weighted by Gasteiger charge is 2.28. The van der Waals surface area contributed by atoms with Crippen LogP contribution >= 0.6 is 0 Å². The summed E-state index contributed by atoms with van der Waals surface area (Å²) in [6.45, 7) is 2.92. The second-order valence-electron chi connectivity index (χ2n) is 5.51. The van der Waals surface area contributed by atoms with Crippen molar-refractivity contribution in [1.82, 2.24) is 14.8 Å². The third kappa shape index (κ3) is 2.95. The number of fused-ring (bicyclic) bond motifs is 1. The molecule has 0 spiro atoms. The van der Waals surface area contributed by atoms with Crippen molar-refractivity contribution >= 4 is 5.97 Å². The van der Waals surface area contributed by atoms with Crippen molar-refractivity contribution < 1.29 is 14.3 Å². The van der Waals surface area contributed by atoms with Crippen molar-refractivity contribution in [2.45, 2.75) is 32.9 Å². The number of benzene rings is 1.